The molecule has 0 saturated carbocycles. The Morgan fingerprint density at radius 2 is 1.86 bits per heavy atom. The summed E-state index contributed by atoms with van der Waals surface area (Å²) in [5.74, 6) is 1.27. The van der Waals surface area contributed by atoms with Crippen LogP contribution < -0.4 is 9.47 Å². The Kier molecular flexibility index (Phi) is 4.00. The number of benzene rings is 1. The molecule has 0 bridgehead atoms. The molecule has 3 rings (SSSR count). The largest absolute Gasteiger partial charge is 0.497 e. The topological polar surface area (TPSA) is 68.7 Å². The third-order valence-electron chi connectivity index (χ3n) is 3.45. The standard InChI is InChI=1S/C15H16N2O4S/c1-20-12-4-6-15(7-5-12)22(18,19)17-10-14(11-17)21-13-3-2-8-16-9-13/h2-9,14H,10-11H2,1H3. The Bertz CT molecular complexity index is 726. The quantitative estimate of drug-likeness (QED) is 0.836. The van der Waals surface area contributed by atoms with Gasteiger partial charge in [0.25, 0.3) is 0 Å². The number of pyridine rings is 1. The monoisotopic (exact) mass is 320 g/mol. The van der Waals surface area contributed by atoms with Crippen molar-refractivity contribution in [3.63, 3.8) is 0 Å². The molecule has 1 saturated heterocycles. The van der Waals surface area contributed by atoms with Crippen LogP contribution in [0.25, 0.3) is 0 Å². The summed E-state index contributed by atoms with van der Waals surface area (Å²) < 4.78 is 36.9. The summed E-state index contributed by atoms with van der Waals surface area (Å²) >= 11 is 0. The highest BCUT2D eigenvalue weighted by atomic mass is 32.2. The maximum atomic E-state index is 12.4. The number of hydrogen-bond donors (Lipinski definition) is 0. The van der Waals surface area contributed by atoms with Crippen molar-refractivity contribution in [2.75, 3.05) is 20.2 Å². The number of ether oxygens (including phenoxy) is 2. The first-order valence-electron chi connectivity index (χ1n) is 6.80. The van der Waals surface area contributed by atoms with Crippen LogP contribution in [-0.2, 0) is 10.0 Å². The third kappa shape index (κ3) is 2.90. The molecule has 1 aliphatic rings. The van der Waals surface area contributed by atoms with Crippen LogP contribution in [0.15, 0.2) is 53.7 Å². The third-order valence-corrected chi connectivity index (χ3v) is 5.29. The van der Waals surface area contributed by atoms with Gasteiger partial charge in [0.05, 0.1) is 31.3 Å². The van der Waals surface area contributed by atoms with E-state index in [2.05, 4.69) is 4.98 Å². The smallest absolute Gasteiger partial charge is 0.243 e. The summed E-state index contributed by atoms with van der Waals surface area (Å²) in [5, 5.41) is 0. The SMILES string of the molecule is COc1ccc(S(=O)(=O)N2CC(Oc3cccnc3)C2)cc1. The van der Waals surface area contributed by atoms with Crippen molar-refractivity contribution in [1.82, 2.24) is 9.29 Å². The molecule has 2 heterocycles. The zero-order valence-corrected chi connectivity index (χ0v) is 12.9. The Morgan fingerprint density at radius 3 is 2.45 bits per heavy atom. The lowest BCUT2D eigenvalue weighted by Gasteiger charge is -2.37. The number of sulfonamides is 1. The Hall–Kier alpha value is -2.12. The van der Waals surface area contributed by atoms with Gasteiger partial charge in [0, 0.05) is 6.20 Å². The van der Waals surface area contributed by atoms with Crippen molar-refractivity contribution in [2.24, 2.45) is 0 Å². The van der Waals surface area contributed by atoms with E-state index in [-0.39, 0.29) is 11.0 Å². The first kappa shape index (κ1) is 14.8. The lowest BCUT2D eigenvalue weighted by molar-refractivity contribution is 0.0759. The second kappa shape index (κ2) is 5.94. The maximum absolute atomic E-state index is 12.4. The van der Waals surface area contributed by atoms with E-state index in [9.17, 15) is 8.42 Å². The molecule has 0 aliphatic carbocycles. The first-order valence-corrected chi connectivity index (χ1v) is 8.24. The van der Waals surface area contributed by atoms with Crippen LogP contribution in [0.5, 0.6) is 11.5 Å². The van der Waals surface area contributed by atoms with Gasteiger partial charge in [-0.1, -0.05) is 0 Å². The van der Waals surface area contributed by atoms with Crippen LogP contribution in [-0.4, -0.2) is 44.0 Å². The van der Waals surface area contributed by atoms with Gasteiger partial charge < -0.3 is 9.47 Å². The molecule has 22 heavy (non-hydrogen) atoms. The van der Waals surface area contributed by atoms with Gasteiger partial charge in [0.2, 0.25) is 10.0 Å². The Labute approximate surface area is 129 Å². The van der Waals surface area contributed by atoms with Gasteiger partial charge in [-0.25, -0.2) is 8.42 Å². The highest BCUT2D eigenvalue weighted by molar-refractivity contribution is 7.89. The summed E-state index contributed by atoms with van der Waals surface area (Å²) in [4.78, 5) is 4.22. The summed E-state index contributed by atoms with van der Waals surface area (Å²) in [6.07, 6.45) is 3.13. The van der Waals surface area contributed by atoms with E-state index < -0.39 is 10.0 Å². The molecule has 0 spiro atoms. The molecular formula is C15H16N2O4S. The molecule has 0 N–H and O–H groups in total. The fraction of sp³-hybridized carbons (Fsp3) is 0.267. The second-order valence-electron chi connectivity index (χ2n) is 4.93. The highest BCUT2D eigenvalue weighted by Crippen LogP contribution is 2.25. The van der Waals surface area contributed by atoms with Crippen molar-refractivity contribution < 1.29 is 17.9 Å². The van der Waals surface area contributed by atoms with Gasteiger partial charge in [-0.3, -0.25) is 4.98 Å². The van der Waals surface area contributed by atoms with E-state index in [1.54, 1.807) is 55.9 Å². The number of methoxy groups -OCH3 is 1. The van der Waals surface area contributed by atoms with Crippen LogP contribution in [0.4, 0.5) is 0 Å². The number of hydrogen-bond acceptors (Lipinski definition) is 5. The van der Waals surface area contributed by atoms with Gasteiger partial charge >= 0.3 is 0 Å². The molecule has 0 radical (unpaired) electrons. The number of nitrogens with zero attached hydrogens (tertiary/aromatic N) is 2. The number of aromatic nitrogens is 1. The lowest BCUT2D eigenvalue weighted by Crippen LogP contribution is -2.55. The summed E-state index contributed by atoms with van der Waals surface area (Å²) in [7, 11) is -1.93. The minimum Gasteiger partial charge on any atom is -0.497 e. The molecule has 2 aromatic rings. The Morgan fingerprint density at radius 1 is 1.14 bits per heavy atom. The molecule has 116 valence electrons. The molecular weight excluding hydrogens is 304 g/mol. The Balaban J connectivity index is 1.63. The molecule has 1 aromatic carbocycles. The van der Waals surface area contributed by atoms with Gasteiger partial charge in [-0.15, -0.1) is 0 Å². The zero-order valence-electron chi connectivity index (χ0n) is 12.0. The molecule has 0 amide bonds. The molecule has 0 unspecified atom stereocenters. The van der Waals surface area contributed by atoms with E-state index in [1.807, 2.05) is 0 Å². The fourth-order valence-electron chi connectivity index (χ4n) is 2.18. The molecule has 1 fully saturated rings. The van der Waals surface area contributed by atoms with Gasteiger partial charge in [0.1, 0.15) is 17.6 Å². The van der Waals surface area contributed by atoms with E-state index in [0.717, 1.165) is 0 Å². The van der Waals surface area contributed by atoms with Crippen molar-refractivity contribution >= 4 is 10.0 Å². The van der Waals surface area contributed by atoms with Crippen molar-refractivity contribution in [3.05, 3.63) is 48.8 Å². The van der Waals surface area contributed by atoms with Crippen molar-refractivity contribution in [3.8, 4) is 11.5 Å². The predicted molar refractivity (Wildman–Crippen MR) is 80.4 cm³/mol. The molecule has 1 aliphatic heterocycles. The zero-order chi connectivity index (χ0) is 15.6. The van der Waals surface area contributed by atoms with Gasteiger partial charge in [-0.05, 0) is 36.4 Å². The number of rotatable bonds is 5. The normalized spacial score (nSPS) is 16.0. The van der Waals surface area contributed by atoms with Crippen LogP contribution in [0.3, 0.4) is 0 Å². The molecule has 0 atom stereocenters. The average molecular weight is 320 g/mol. The fourth-order valence-corrected chi connectivity index (χ4v) is 3.68. The minimum atomic E-state index is -3.47. The van der Waals surface area contributed by atoms with Crippen LogP contribution in [0, 0.1) is 0 Å². The lowest BCUT2D eigenvalue weighted by atomic mass is 10.2. The molecule has 1 aromatic heterocycles. The average Bonchev–Trinajstić information content (AvgIpc) is 2.51. The summed E-state index contributed by atoms with van der Waals surface area (Å²) in [6.45, 7) is 0.673. The van der Waals surface area contributed by atoms with Crippen LogP contribution in [0.2, 0.25) is 0 Å². The van der Waals surface area contributed by atoms with Crippen molar-refractivity contribution in [1.29, 1.82) is 0 Å². The van der Waals surface area contributed by atoms with E-state index in [1.165, 1.54) is 4.31 Å². The van der Waals surface area contributed by atoms with E-state index in [0.29, 0.717) is 24.6 Å². The van der Waals surface area contributed by atoms with E-state index >= 15 is 0 Å². The highest BCUT2D eigenvalue weighted by Gasteiger charge is 2.38. The summed E-state index contributed by atoms with van der Waals surface area (Å²) in [6, 6.07) is 9.94. The van der Waals surface area contributed by atoms with Crippen LogP contribution in [0.1, 0.15) is 0 Å². The minimum absolute atomic E-state index is 0.141. The molecule has 7 heteroatoms. The van der Waals surface area contributed by atoms with Crippen molar-refractivity contribution in [2.45, 2.75) is 11.0 Å². The predicted octanol–water partition coefficient (Wildman–Crippen LogP) is 1.54. The molecule has 6 nitrogen and oxygen atoms in total. The van der Waals surface area contributed by atoms with Gasteiger partial charge in [-0.2, -0.15) is 4.31 Å². The summed E-state index contributed by atoms with van der Waals surface area (Å²) in [5.41, 5.74) is 0. The maximum Gasteiger partial charge on any atom is 0.243 e. The second-order valence-corrected chi connectivity index (χ2v) is 6.86. The van der Waals surface area contributed by atoms with Crippen LogP contribution >= 0.6 is 0 Å². The van der Waals surface area contributed by atoms with E-state index in [4.69, 9.17) is 9.47 Å². The van der Waals surface area contributed by atoms with Gasteiger partial charge in [0.15, 0.2) is 0 Å². The first-order chi connectivity index (χ1) is 10.6.